The molecule has 0 radical (unpaired) electrons. The average Bonchev–Trinajstić information content (AvgIpc) is 2.88. The topological polar surface area (TPSA) is 68.7 Å². The highest BCUT2D eigenvalue weighted by Gasteiger charge is 2.13. The summed E-state index contributed by atoms with van der Waals surface area (Å²) in [5.41, 5.74) is 3.27. The van der Waals surface area contributed by atoms with Crippen molar-refractivity contribution in [2.75, 3.05) is 37.6 Å². The van der Waals surface area contributed by atoms with Crippen LogP contribution in [0, 0.1) is 0 Å². The number of amides is 1. The number of hydrogen-bond acceptors (Lipinski definition) is 5. The quantitative estimate of drug-likeness (QED) is 0.232. The molecule has 3 rings (SSSR count). The van der Waals surface area contributed by atoms with E-state index in [-0.39, 0.29) is 5.91 Å². The maximum atomic E-state index is 12.4. The van der Waals surface area contributed by atoms with Gasteiger partial charge in [0.05, 0.1) is 21.4 Å². The predicted molar refractivity (Wildman–Crippen MR) is 143 cm³/mol. The van der Waals surface area contributed by atoms with Crippen molar-refractivity contribution >= 4 is 34.8 Å². The number of pyridine rings is 1. The molecule has 184 valence electrons. The van der Waals surface area contributed by atoms with Crippen molar-refractivity contribution in [3.05, 3.63) is 94.6 Å². The van der Waals surface area contributed by atoms with Crippen molar-refractivity contribution in [3.8, 4) is 11.3 Å². The third-order valence-electron chi connectivity index (χ3n) is 5.36. The number of rotatable bonds is 12. The molecule has 1 heterocycles. The van der Waals surface area contributed by atoms with E-state index in [2.05, 4.69) is 22.1 Å². The Kier molecular flexibility index (Phi) is 10.6. The molecular formula is C27H30Cl2N4O2. The number of nitrogens with one attached hydrogen (secondary N) is 1. The van der Waals surface area contributed by atoms with Crippen molar-refractivity contribution < 1.29 is 10.0 Å². The molecule has 2 aromatic carbocycles. The minimum Gasteiger partial charge on any atom is -0.369 e. The molecule has 3 aromatic rings. The summed E-state index contributed by atoms with van der Waals surface area (Å²) < 4.78 is 0. The molecule has 0 unspecified atom stereocenters. The van der Waals surface area contributed by atoms with E-state index < -0.39 is 0 Å². The number of nitrogens with zero attached hydrogens (tertiary/aromatic N) is 3. The van der Waals surface area contributed by atoms with E-state index in [4.69, 9.17) is 23.2 Å². The Morgan fingerprint density at radius 2 is 1.80 bits per heavy atom. The number of carbonyl (C=O) groups excluding carboxylic acids is 1. The number of anilines is 1. The first-order chi connectivity index (χ1) is 17.0. The van der Waals surface area contributed by atoms with Gasteiger partial charge in [-0.1, -0.05) is 66.5 Å². The largest absolute Gasteiger partial charge is 0.369 e. The Hall–Kier alpha value is -2.90. The van der Waals surface area contributed by atoms with Crippen LogP contribution >= 0.6 is 23.2 Å². The second kappa shape index (κ2) is 13.9. The molecule has 0 aliphatic rings. The fourth-order valence-corrected chi connectivity index (χ4v) is 3.96. The van der Waals surface area contributed by atoms with Crippen molar-refractivity contribution in [1.82, 2.24) is 15.4 Å². The van der Waals surface area contributed by atoms with Gasteiger partial charge in [-0.25, -0.2) is 0 Å². The summed E-state index contributed by atoms with van der Waals surface area (Å²) in [6.45, 7) is 4.64. The van der Waals surface area contributed by atoms with Gasteiger partial charge in [-0.3, -0.25) is 9.78 Å². The van der Waals surface area contributed by atoms with Crippen molar-refractivity contribution in [2.24, 2.45) is 0 Å². The molecule has 0 saturated heterocycles. The zero-order valence-electron chi connectivity index (χ0n) is 19.7. The normalized spacial score (nSPS) is 11.2. The molecule has 0 spiro atoms. The first kappa shape index (κ1) is 26.7. The number of carbonyl (C=O) groups is 1. The monoisotopic (exact) mass is 512 g/mol. The van der Waals surface area contributed by atoms with Crippen LogP contribution in [0.3, 0.4) is 0 Å². The number of aromatic nitrogens is 1. The van der Waals surface area contributed by atoms with E-state index in [9.17, 15) is 10.0 Å². The number of hydroxylamine groups is 2. The van der Waals surface area contributed by atoms with Crippen molar-refractivity contribution in [2.45, 2.75) is 13.3 Å². The lowest BCUT2D eigenvalue weighted by molar-refractivity contribution is -0.0774. The van der Waals surface area contributed by atoms with Crippen LogP contribution < -0.4 is 10.2 Å². The molecule has 6 nitrogen and oxygen atoms in total. The Labute approximate surface area is 216 Å². The summed E-state index contributed by atoms with van der Waals surface area (Å²) in [6.07, 6.45) is 6.33. The second-order valence-corrected chi connectivity index (χ2v) is 8.73. The third-order valence-corrected chi connectivity index (χ3v) is 6.17. The average molecular weight is 513 g/mol. The SMILES string of the molecule is CCCN(CCN(O)C/C=C/CNC(=O)c1ccc(-c2ccccn2)cc1)c1cccc(Cl)c1Cl. The van der Waals surface area contributed by atoms with Crippen LogP contribution in [-0.2, 0) is 0 Å². The Bertz CT molecular complexity index is 1110. The maximum Gasteiger partial charge on any atom is 0.251 e. The summed E-state index contributed by atoms with van der Waals surface area (Å²) >= 11 is 12.5. The fourth-order valence-electron chi connectivity index (χ4n) is 3.55. The van der Waals surface area contributed by atoms with Gasteiger partial charge in [-0.2, -0.15) is 5.06 Å². The standard InChI is InChI=1S/C27H30Cl2N4O2/c1-2-17-32(25-10-7-8-23(28)26(25)29)19-20-33(35)18-6-5-16-31-27(34)22-13-11-21(12-14-22)24-9-3-4-15-30-24/h3-15,35H,2,16-20H2,1H3,(H,31,34)/b6-5+. The van der Waals surface area contributed by atoms with Crippen LogP contribution in [0.4, 0.5) is 5.69 Å². The molecule has 2 N–H and O–H groups in total. The zero-order chi connectivity index (χ0) is 25.0. The van der Waals surface area contributed by atoms with E-state index >= 15 is 0 Å². The van der Waals surface area contributed by atoms with Gasteiger partial charge in [-0.05, 0) is 42.8 Å². The molecule has 8 heteroatoms. The lowest BCUT2D eigenvalue weighted by Gasteiger charge is -2.27. The second-order valence-electron chi connectivity index (χ2n) is 7.95. The van der Waals surface area contributed by atoms with Crippen molar-refractivity contribution in [3.63, 3.8) is 0 Å². The maximum absolute atomic E-state index is 12.4. The van der Waals surface area contributed by atoms with Crippen LogP contribution in [-0.4, -0.2) is 53.9 Å². The van der Waals surface area contributed by atoms with E-state index in [0.29, 0.717) is 41.8 Å². The van der Waals surface area contributed by atoms with E-state index in [1.54, 1.807) is 24.4 Å². The predicted octanol–water partition coefficient (Wildman–Crippen LogP) is 5.95. The minimum atomic E-state index is -0.156. The highest BCUT2D eigenvalue weighted by molar-refractivity contribution is 6.43. The van der Waals surface area contributed by atoms with Crippen LogP contribution in [0.1, 0.15) is 23.7 Å². The molecule has 0 fully saturated rings. The van der Waals surface area contributed by atoms with Crippen LogP contribution in [0.2, 0.25) is 10.0 Å². The van der Waals surface area contributed by atoms with Crippen LogP contribution in [0.5, 0.6) is 0 Å². The summed E-state index contributed by atoms with van der Waals surface area (Å²) in [7, 11) is 0. The smallest absolute Gasteiger partial charge is 0.251 e. The van der Waals surface area contributed by atoms with Gasteiger partial charge < -0.3 is 15.4 Å². The highest BCUT2D eigenvalue weighted by atomic mass is 35.5. The van der Waals surface area contributed by atoms with E-state index in [1.165, 1.54) is 5.06 Å². The van der Waals surface area contributed by atoms with Crippen LogP contribution in [0.25, 0.3) is 11.3 Å². The molecule has 35 heavy (non-hydrogen) atoms. The Morgan fingerprint density at radius 3 is 2.51 bits per heavy atom. The van der Waals surface area contributed by atoms with Crippen LogP contribution in [0.15, 0.2) is 79.0 Å². The van der Waals surface area contributed by atoms with Gasteiger partial charge in [0.15, 0.2) is 0 Å². The minimum absolute atomic E-state index is 0.156. The molecule has 0 saturated carbocycles. The van der Waals surface area contributed by atoms with Gasteiger partial charge in [0.2, 0.25) is 0 Å². The zero-order valence-corrected chi connectivity index (χ0v) is 21.2. The lowest BCUT2D eigenvalue weighted by atomic mass is 10.1. The van der Waals surface area contributed by atoms with E-state index in [1.807, 2.05) is 54.6 Å². The summed E-state index contributed by atoms with van der Waals surface area (Å²) in [5.74, 6) is -0.156. The first-order valence-corrected chi connectivity index (χ1v) is 12.3. The molecule has 0 atom stereocenters. The third kappa shape index (κ3) is 8.08. The molecule has 0 aliphatic carbocycles. The van der Waals surface area contributed by atoms with Gasteiger partial charge in [0, 0.05) is 50.0 Å². The number of halogens is 2. The van der Waals surface area contributed by atoms with Gasteiger partial charge in [0.25, 0.3) is 5.91 Å². The Morgan fingerprint density at radius 1 is 1.00 bits per heavy atom. The Balaban J connectivity index is 1.41. The fraction of sp³-hybridized carbons (Fsp3) is 0.259. The molecule has 1 aromatic heterocycles. The summed E-state index contributed by atoms with van der Waals surface area (Å²) in [6, 6.07) is 18.6. The number of hydrogen-bond donors (Lipinski definition) is 2. The first-order valence-electron chi connectivity index (χ1n) is 11.6. The highest BCUT2D eigenvalue weighted by Crippen LogP contribution is 2.32. The van der Waals surface area contributed by atoms with Gasteiger partial charge in [-0.15, -0.1) is 0 Å². The van der Waals surface area contributed by atoms with Gasteiger partial charge >= 0.3 is 0 Å². The lowest BCUT2D eigenvalue weighted by Crippen LogP contribution is -2.34. The van der Waals surface area contributed by atoms with Crippen molar-refractivity contribution in [1.29, 1.82) is 0 Å². The molecule has 0 bridgehead atoms. The molecule has 0 aliphatic heterocycles. The molecule has 1 amide bonds. The van der Waals surface area contributed by atoms with Gasteiger partial charge in [0.1, 0.15) is 0 Å². The summed E-state index contributed by atoms with van der Waals surface area (Å²) in [5, 5.41) is 15.4. The number of benzene rings is 2. The van der Waals surface area contributed by atoms with E-state index in [0.717, 1.165) is 29.9 Å². The summed E-state index contributed by atoms with van der Waals surface area (Å²) in [4.78, 5) is 18.8. The molecular weight excluding hydrogens is 483 g/mol.